The van der Waals surface area contributed by atoms with Crippen LogP contribution in [0.3, 0.4) is 0 Å². The summed E-state index contributed by atoms with van der Waals surface area (Å²) in [7, 11) is 0. The Morgan fingerprint density at radius 3 is 2.81 bits per heavy atom. The first-order valence-corrected chi connectivity index (χ1v) is 9.83. The molecule has 2 aromatic rings. The molecule has 2 aliphatic rings. The lowest BCUT2D eigenvalue weighted by atomic mass is 9.78. The molecule has 2 aliphatic heterocycles. The van der Waals surface area contributed by atoms with Crippen LogP contribution in [0.1, 0.15) is 44.5 Å². The minimum absolute atomic E-state index is 0.211. The molecule has 0 aromatic carbocycles. The molecule has 8 heteroatoms. The predicted molar refractivity (Wildman–Crippen MR) is 104 cm³/mol. The molecule has 0 atom stereocenters. The van der Waals surface area contributed by atoms with E-state index < -0.39 is 0 Å². The van der Waals surface area contributed by atoms with Crippen LogP contribution in [-0.4, -0.2) is 56.9 Å². The predicted octanol–water partition coefficient (Wildman–Crippen LogP) is 1.92. The molecule has 1 fully saturated rings. The summed E-state index contributed by atoms with van der Waals surface area (Å²) in [5.41, 5.74) is 1.92. The maximum atomic E-state index is 12.7. The average molecular weight is 369 g/mol. The van der Waals surface area contributed by atoms with Gasteiger partial charge in [-0.2, -0.15) is 4.98 Å². The Kier molecular flexibility index (Phi) is 4.72. The largest absolute Gasteiger partial charge is 0.370 e. The molecule has 0 radical (unpaired) electrons. The van der Waals surface area contributed by atoms with Crippen molar-refractivity contribution in [2.75, 3.05) is 36.4 Å². The minimum Gasteiger partial charge on any atom is -0.370 e. The molecule has 1 saturated heterocycles. The Hall–Kier alpha value is -2.64. The van der Waals surface area contributed by atoms with E-state index in [2.05, 4.69) is 42.0 Å². The summed E-state index contributed by atoms with van der Waals surface area (Å²) in [5.74, 6) is 1.80. The quantitative estimate of drug-likeness (QED) is 0.856. The fourth-order valence-corrected chi connectivity index (χ4v) is 4.40. The summed E-state index contributed by atoms with van der Waals surface area (Å²) >= 11 is 0. The van der Waals surface area contributed by atoms with Gasteiger partial charge in [0, 0.05) is 50.9 Å². The lowest BCUT2D eigenvalue weighted by molar-refractivity contribution is -0.140. The number of anilines is 2. The summed E-state index contributed by atoms with van der Waals surface area (Å²) < 4.78 is 0. The van der Waals surface area contributed by atoms with Crippen molar-refractivity contribution in [1.29, 1.82) is 0 Å². The number of H-pyrrole nitrogens is 1. The minimum atomic E-state index is -0.309. The molecule has 1 amide bonds. The Balaban J connectivity index is 1.59. The third-order valence-corrected chi connectivity index (χ3v) is 5.74. The Morgan fingerprint density at radius 1 is 1.26 bits per heavy atom. The van der Waals surface area contributed by atoms with Gasteiger partial charge in [-0.1, -0.05) is 6.92 Å². The van der Waals surface area contributed by atoms with Crippen molar-refractivity contribution in [1.82, 2.24) is 24.8 Å². The van der Waals surface area contributed by atoms with Crippen LogP contribution >= 0.6 is 0 Å². The Bertz CT molecular complexity index is 810. The first-order chi connectivity index (χ1) is 13.2. The third-order valence-electron chi connectivity index (χ3n) is 5.74. The number of imidazole rings is 1. The van der Waals surface area contributed by atoms with Gasteiger partial charge in [-0.25, -0.2) is 9.97 Å². The van der Waals surface area contributed by atoms with Gasteiger partial charge in [0.05, 0.1) is 17.6 Å². The summed E-state index contributed by atoms with van der Waals surface area (Å²) in [5, 5.41) is 3.24. The van der Waals surface area contributed by atoms with Crippen LogP contribution in [0.4, 0.5) is 11.8 Å². The number of nitrogens with zero attached hydrogens (tertiary/aromatic N) is 5. The molecule has 144 valence electrons. The molecule has 8 nitrogen and oxygen atoms in total. The number of piperidine rings is 1. The van der Waals surface area contributed by atoms with Gasteiger partial charge in [0.25, 0.3) is 0 Å². The highest BCUT2D eigenvalue weighted by Gasteiger charge is 2.48. The zero-order valence-corrected chi connectivity index (χ0v) is 16.0. The lowest BCUT2D eigenvalue weighted by Gasteiger charge is -2.50. The first-order valence-electron chi connectivity index (χ1n) is 9.83. The molecule has 1 spiro atoms. The fraction of sp³-hybridized carbons (Fsp3) is 0.579. The molecule has 0 aliphatic carbocycles. The van der Waals surface area contributed by atoms with Crippen LogP contribution in [0.15, 0.2) is 18.6 Å². The van der Waals surface area contributed by atoms with E-state index in [9.17, 15) is 4.79 Å². The van der Waals surface area contributed by atoms with Crippen LogP contribution in [0.25, 0.3) is 0 Å². The summed E-state index contributed by atoms with van der Waals surface area (Å²) in [6.07, 6.45) is 6.61. The van der Waals surface area contributed by atoms with Crippen molar-refractivity contribution in [3.8, 4) is 0 Å². The molecular weight excluding hydrogens is 342 g/mol. The van der Waals surface area contributed by atoms with E-state index in [0.717, 1.165) is 62.9 Å². The van der Waals surface area contributed by atoms with Crippen molar-refractivity contribution < 1.29 is 4.79 Å². The average Bonchev–Trinajstić information content (AvgIpc) is 3.19. The number of nitrogens with one attached hydrogen (secondary N) is 2. The summed E-state index contributed by atoms with van der Waals surface area (Å²) in [6, 6.07) is 1.89. The highest BCUT2D eigenvalue weighted by atomic mass is 16.2. The zero-order valence-electron chi connectivity index (χ0n) is 16.0. The number of carbonyl (C=O) groups is 1. The number of aromatic amines is 1. The number of carbonyl (C=O) groups excluding carboxylic acids is 1. The highest BCUT2D eigenvalue weighted by molar-refractivity contribution is 5.77. The number of amides is 1. The van der Waals surface area contributed by atoms with Gasteiger partial charge in [-0.05, 0) is 25.8 Å². The highest BCUT2D eigenvalue weighted by Crippen LogP contribution is 2.43. The van der Waals surface area contributed by atoms with Crippen molar-refractivity contribution >= 4 is 17.7 Å². The van der Waals surface area contributed by atoms with Gasteiger partial charge in [0.15, 0.2) is 0 Å². The van der Waals surface area contributed by atoms with E-state index in [1.165, 1.54) is 5.69 Å². The number of rotatable bonds is 4. The number of hydrogen-bond acceptors (Lipinski definition) is 6. The second kappa shape index (κ2) is 7.17. The van der Waals surface area contributed by atoms with Crippen LogP contribution in [-0.2, 0) is 16.8 Å². The van der Waals surface area contributed by atoms with Gasteiger partial charge >= 0.3 is 0 Å². The van der Waals surface area contributed by atoms with Gasteiger partial charge in [-0.15, -0.1) is 0 Å². The van der Waals surface area contributed by atoms with E-state index in [1.807, 2.05) is 13.0 Å². The Labute approximate surface area is 159 Å². The molecule has 0 unspecified atom stereocenters. The summed E-state index contributed by atoms with van der Waals surface area (Å²) in [4.78, 5) is 33.9. The van der Waals surface area contributed by atoms with Crippen LogP contribution in [0.5, 0.6) is 0 Å². The number of aromatic nitrogens is 4. The number of fused-ring (bicyclic) bond motifs is 2. The molecule has 4 heterocycles. The van der Waals surface area contributed by atoms with Gasteiger partial charge < -0.3 is 20.1 Å². The van der Waals surface area contributed by atoms with Gasteiger partial charge in [-0.3, -0.25) is 4.79 Å². The SMILES string of the molecule is CCNc1ccnc(N2CCC3(CC2)c2nc[nH]c2CCN3C(=O)CC)n1. The third kappa shape index (κ3) is 3.02. The molecule has 0 bridgehead atoms. The molecule has 4 rings (SSSR count). The zero-order chi connectivity index (χ0) is 18.9. The molecule has 2 aromatic heterocycles. The lowest BCUT2D eigenvalue weighted by Crippen LogP contribution is -2.58. The van der Waals surface area contributed by atoms with E-state index in [4.69, 9.17) is 0 Å². The second-order valence-electron chi connectivity index (χ2n) is 7.17. The maximum Gasteiger partial charge on any atom is 0.227 e. The molecule has 0 saturated carbocycles. The van der Waals surface area contributed by atoms with Gasteiger partial charge in [0.2, 0.25) is 11.9 Å². The maximum absolute atomic E-state index is 12.7. The van der Waals surface area contributed by atoms with Crippen molar-refractivity contribution in [2.45, 2.75) is 45.1 Å². The molecule has 2 N–H and O–H groups in total. The van der Waals surface area contributed by atoms with Crippen LogP contribution in [0, 0.1) is 0 Å². The van der Waals surface area contributed by atoms with Crippen molar-refractivity contribution in [3.63, 3.8) is 0 Å². The Morgan fingerprint density at radius 2 is 2.07 bits per heavy atom. The van der Waals surface area contributed by atoms with Crippen LogP contribution in [0.2, 0.25) is 0 Å². The standard InChI is InChI=1S/C19H27N7O/c1-3-16(27)26-10-6-14-17(23-13-22-14)19(26)7-11-25(12-8-19)18-21-9-5-15(24-18)20-4-2/h5,9,13H,3-4,6-8,10-12H2,1-2H3,(H,22,23)(H,20,21,24). The topological polar surface area (TPSA) is 90.0 Å². The van der Waals surface area contributed by atoms with Crippen molar-refractivity contribution in [2.24, 2.45) is 0 Å². The van der Waals surface area contributed by atoms with E-state index in [0.29, 0.717) is 6.42 Å². The summed E-state index contributed by atoms with van der Waals surface area (Å²) in [6.45, 7) is 7.18. The second-order valence-corrected chi connectivity index (χ2v) is 7.17. The van der Waals surface area contributed by atoms with Gasteiger partial charge in [0.1, 0.15) is 5.82 Å². The normalized spacial score (nSPS) is 18.4. The molecule has 27 heavy (non-hydrogen) atoms. The fourth-order valence-electron chi connectivity index (χ4n) is 4.40. The number of hydrogen-bond donors (Lipinski definition) is 2. The van der Waals surface area contributed by atoms with E-state index in [1.54, 1.807) is 12.5 Å². The smallest absolute Gasteiger partial charge is 0.227 e. The van der Waals surface area contributed by atoms with E-state index >= 15 is 0 Å². The van der Waals surface area contributed by atoms with E-state index in [-0.39, 0.29) is 11.4 Å². The van der Waals surface area contributed by atoms with Crippen LogP contribution < -0.4 is 10.2 Å². The first kappa shape index (κ1) is 17.8. The van der Waals surface area contributed by atoms with Crippen molar-refractivity contribution in [3.05, 3.63) is 30.0 Å². The monoisotopic (exact) mass is 369 g/mol. The molecular formula is C19H27N7O.